The van der Waals surface area contributed by atoms with E-state index in [2.05, 4.69) is 0 Å². The van der Waals surface area contributed by atoms with Crippen molar-refractivity contribution in [3.63, 3.8) is 0 Å². The molecule has 2 heterocycles. The Labute approximate surface area is 118 Å². The molecule has 20 heavy (non-hydrogen) atoms. The van der Waals surface area contributed by atoms with Gasteiger partial charge >= 0.3 is 10.8 Å². The van der Waals surface area contributed by atoms with Gasteiger partial charge in [0.25, 0.3) is 0 Å². The van der Waals surface area contributed by atoms with Crippen molar-refractivity contribution in [1.29, 1.82) is 0 Å². The molecule has 0 unspecified atom stereocenters. The van der Waals surface area contributed by atoms with Crippen LogP contribution in [0.5, 0.6) is 0 Å². The third kappa shape index (κ3) is 1.93. The smallest absolute Gasteiger partial charge is 0.345 e. The van der Waals surface area contributed by atoms with E-state index < -0.39 is 17.6 Å². The zero-order valence-corrected chi connectivity index (χ0v) is 11.2. The van der Waals surface area contributed by atoms with Crippen LogP contribution < -0.4 is 4.87 Å². The molecule has 0 aliphatic rings. The minimum Gasteiger partial charge on any atom is -0.477 e. The molecule has 0 radical (unpaired) electrons. The van der Waals surface area contributed by atoms with Crippen molar-refractivity contribution in [3.8, 4) is 5.69 Å². The summed E-state index contributed by atoms with van der Waals surface area (Å²) >= 11 is 1.78. The maximum absolute atomic E-state index is 13.3. The molecule has 0 aliphatic heterocycles. The Hall–Kier alpha value is -2.06. The number of hydrogen-bond acceptors (Lipinski definition) is 4. The Morgan fingerprint density at radius 3 is 2.55 bits per heavy atom. The molecule has 3 aromatic rings. The Bertz CT molecular complexity index is 894. The van der Waals surface area contributed by atoms with Gasteiger partial charge in [-0.1, -0.05) is 11.3 Å². The van der Waals surface area contributed by atoms with E-state index in [-0.39, 0.29) is 15.4 Å². The summed E-state index contributed by atoms with van der Waals surface area (Å²) in [6, 6.07) is 4.49. The molecule has 0 amide bonds. The lowest BCUT2D eigenvalue weighted by Crippen LogP contribution is -2.10. The summed E-state index contributed by atoms with van der Waals surface area (Å²) in [5.41, 5.74) is 0.166. The highest BCUT2D eigenvalue weighted by molar-refractivity contribution is 7.27. The first-order chi connectivity index (χ1) is 9.47. The summed E-state index contributed by atoms with van der Waals surface area (Å²) < 4.78 is 27.9. The lowest BCUT2D eigenvalue weighted by Gasteiger charge is -2.02. The first-order valence-electron chi connectivity index (χ1n) is 5.31. The molecule has 2 aromatic heterocycles. The van der Waals surface area contributed by atoms with Gasteiger partial charge in [0.15, 0.2) is 11.6 Å². The number of fused-ring (bicyclic) bond motifs is 1. The summed E-state index contributed by atoms with van der Waals surface area (Å²) in [6.07, 6.45) is 0. The molecule has 0 atom stereocenters. The number of thiazole rings is 1. The topological polar surface area (TPSA) is 59.3 Å². The molecule has 1 N–H and O–H groups in total. The fourth-order valence-electron chi connectivity index (χ4n) is 1.77. The molecule has 4 nitrogen and oxygen atoms in total. The van der Waals surface area contributed by atoms with E-state index in [4.69, 9.17) is 5.11 Å². The van der Waals surface area contributed by atoms with E-state index in [1.54, 1.807) is 0 Å². The van der Waals surface area contributed by atoms with Gasteiger partial charge in [0.05, 0.1) is 10.4 Å². The number of halogens is 2. The lowest BCUT2D eigenvalue weighted by molar-refractivity contribution is 0.0702. The summed E-state index contributed by atoms with van der Waals surface area (Å²) in [4.78, 5) is 22.9. The predicted octanol–water partition coefficient (Wildman–Crippen LogP) is 3.09. The monoisotopic (exact) mass is 313 g/mol. The van der Waals surface area contributed by atoms with Crippen molar-refractivity contribution in [2.45, 2.75) is 0 Å². The number of carboxylic acid groups (broad SMARTS) is 1. The third-order valence-electron chi connectivity index (χ3n) is 2.63. The van der Waals surface area contributed by atoms with Gasteiger partial charge in [-0.3, -0.25) is 9.36 Å². The van der Waals surface area contributed by atoms with Crippen molar-refractivity contribution in [3.05, 3.63) is 50.4 Å². The van der Waals surface area contributed by atoms with Crippen LogP contribution in [0.4, 0.5) is 8.78 Å². The quantitative estimate of drug-likeness (QED) is 0.791. The van der Waals surface area contributed by atoms with E-state index in [1.165, 1.54) is 16.7 Å². The van der Waals surface area contributed by atoms with Crippen molar-refractivity contribution >= 4 is 38.2 Å². The molecule has 0 fully saturated rings. The number of benzene rings is 1. The van der Waals surface area contributed by atoms with Crippen LogP contribution in [0.1, 0.15) is 9.67 Å². The molecule has 1 aromatic carbocycles. The number of thiophene rings is 1. The van der Waals surface area contributed by atoms with Crippen LogP contribution in [0.3, 0.4) is 0 Å². The highest BCUT2D eigenvalue weighted by Gasteiger charge is 2.17. The summed E-state index contributed by atoms with van der Waals surface area (Å²) in [5, 5.41) is 8.93. The number of nitrogens with zero attached hydrogens (tertiary/aromatic N) is 1. The molecule has 0 saturated carbocycles. The van der Waals surface area contributed by atoms with E-state index in [1.807, 2.05) is 0 Å². The number of aromatic carboxylic acids is 1. The van der Waals surface area contributed by atoms with Gasteiger partial charge in [-0.15, -0.1) is 11.3 Å². The zero-order chi connectivity index (χ0) is 14.4. The number of carbonyl (C=O) groups is 1. The van der Waals surface area contributed by atoms with Crippen LogP contribution in [0.15, 0.2) is 29.1 Å². The van der Waals surface area contributed by atoms with Crippen LogP contribution >= 0.6 is 22.7 Å². The van der Waals surface area contributed by atoms with Gasteiger partial charge in [-0.25, -0.2) is 13.6 Å². The summed E-state index contributed by atoms with van der Waals surface area (Å²) in [6.45, 7) is 0. The summed E-state index contributed by atoms with van der Waals surface area (Å²) in [5.74, 6) is -3.17. The fourth-order valence-corrected chi connectivity index (χ4v) is 3.89. The minimum absolute atomic E-state index is 0.0857. The maximum atomic E-state index is 13.3. The van der Waals surface area contributed by atoms with Crippen LogP contribution in [-0.4, -0.2) is 15.6 Å². The lowest BCUT2D eigenvalue weighted by atomic mass is 10.3. The molecular formula is C12H5F2NO3S2. The molecule has 102 valence electrons. The van der Waals surface area contributed by atoms with E-state index in [0.29, 0.717) is 9.53 Å². The Morgan fingerprint density at radius 1 is 1.15 bits per heavy atom. The van der Waals surface area contributed by atoms with Gasteiger partial charge < -0.3 is 5.11 Å². The normalized spacial score (nSPS) is 11.1. The standard InChI is InChI=1S/C12H5F2NO3S2/c13-6-2-1-5(3-7(6)14)15-10-8(20-12(15)18)4-9(19-10)11(16)17/h1-4H,(H,16,17). The van der Waals surface area contributed by atoms with Crippen molar-refractivity contribution < 1.29 is 18.7 Å². The fraction of sp³-hybridized carbons (Fsp3) is 0. The minimum atomic E-state index is -1.09. The van der Waals surface area contributed by atoms with Crippen molar-refractivity contribution in [2.24, 2.45) is 0 Å². The molecule has 0 bridgehead atoms. The third-order valence-corrected chi connectivity index (χ3v) is 4.76. The van der Waals surface area contributed by atoms with Crippen LogP contribution in [-0.2, 0) is 0 Å². The average molecular weight is 313 g/mol. The van der Waals surface area contributed by atoms with Crippen molar-refractivity contribution in [1.82, 2.24) is 4.57 Å². The van der Waals surface area contributed by atoms with E-state index >= 15 is 0 Å². The first-order valence-corrected chi connectivity index (χ1v) is 6.95. The predicted molar refractivity (Wildman–Crippen MR) is 72.2 cm³/mol. The molecule has 0 spiro atoms. The summed E-state index contributed by atoms with van der Waals surface area (Å²) in [7, 11) is 0. The van der Waals surface area contributed by atoms with Crippen LogP contribution in [0.2, 0.25) is 0 Å². The Morgan fingerprint density at radius 2 is 1.90 bits per heavy atom. The zero-order valence-electron chi connectivity index (χ0n) is 9.59. The van der Waals surface area contributed by atoms with Crippen LogP contribution in [0.25, 0.3) is 15.2 Å². The van der Waals surface area contributed by atoms with Gasteiger partial charge in [0.2, 0.25) is 0 Å². The highest BCUT2D eigenvalue weighted by atomic mass is 32.1. The number of hydrogen-bond donors (Lipinski definition) is 1. The second kappa shape index (κ2) is 4.50. The first kappa shape index (κ1) is 12.9. The number of rotatable bonds is 2. The highest BCUT2D eigenvalue weighted by Crippen LogP contribution is 2.30. The van der Waals surface area contributed by atoms with E-state index in [9.17, 15) is 18.4 Å². The molecule has 3 rings (SSSR count). The van der Waals surface area contributed by atoms with Gasteiger partial charge in [0, 0.05) is 6.07 Å². The molecule has 0 aliphatic carbocycles. The second-order valence-electron chi connectivity index (χ2n) is 3.89. The molecule has 8 heteroatoms. The maximum Gasteiger partial charge on any atom is 0.345 e. The van der Waals surface area contributed by atoms with E-state index in [0.717, 1.165) is 34.8 Å². The number of carboxylic acids is 1. The number of aromatic nitrogens is 1. The van der Waals surface area contributed by atoms with Crippen molar-refractivity contribution in [2.75, 3.05) is 0 Å². The SMILES string of the molecule is O=C(O)c1cc2sc(=O)n(-c3ccc(F)c(F)c3)c2s1. The van der Waals surface area contributed by atoms with Gasteiger partial charge in [0.1, 0.15) is 9.71 Å². The van der Waals surface area contributed by atoms with Gasteiger partial charge in [-0.2, -0.15) is 0 Å². The Kier molecular flexibility index (Phi) is 2.91. The Balaban J connectivity index is 2.28. The molecule has 0 saturated heterocycles. The van der Waals surface area contributed by atoms with Crippen LogP contribution in [0, 0.1) is 11.6 Å². The largest absolute Gasteiger partial charge is 0.477 e. The van der Waals surface area contributed by atoms with Gasteiger partial charge in [-0.05, 0) is 18.2 Å². The average Bonchev–Trinajstić information content (AvgIpc) is 2.89. The second-order valence-corrected chi connectivity index (χ2v) is 5.91. The molecular weight excluding hydrogens is 308 g/mol.